The molecule has 108 valence electrons. The zero-order chi connectivity index (χ0) is 14.5. The quantitative estimate of drug-likeness (QED) is 0.808. The monoisotopic (exact) mass is 275 g/mol. The summed E-state index contributed by atoms with van der Waals surface area (Å²) in [6.45, 7) is 4.23. The van der Waals surface area contributed by atoms with Gasteiger partial charge in [0.2, 0.25) is 5.91 Å². The number of aliphatic hydroxyl groups is 1. The Balaban J connectivity index is 2.09. The van der Waals surface area contributed by atoms with Gasteiger partial charge < -0.3 is 14.7 Å². The summed E-state index contributed by atoms with van der Waals surface area (Å²) in [6, 6.07) is 7.56. The van der Waals surface area contributed by atoms with E-state index in [1.54, 1.807) is 18.1 Å². The number of ether oxygens (including phenoxy) is 1. The van der Waals surface area contributed by atoms with Crippen molar-refractivity contribution in [3.63, 3.8) is 0 Å². The molecule has 1 aromatic carbocycles. The summed E-state index contributed by atoms with van der Waals surface area (Å²) in [5, 5.41) is 9.46. The van der Waals surface area contributed by atoms with Crippen molar-refractivity contribution in [1.82, 2.24) is 4.90 Å². The highest BCUT2D eigenvalue weighted by atomic mass is 16.5. The molecule has 1 aliphatic rings. The summed E-state index contributed by atoms with van der Waals surface area (Å²) in [4.78, 5) is 14.1. The average molecular weight is 275 g/mol. The molecule has 4 nitrogen and oxygen atoms in total. The fourth-order valence-electron chi connectivity index (χ4n) is 2.68. The van der Waals surface area contributed by atoms with E-state index in [9.17, 15) is 9.90 Å². The van der Waals surface area contributed by atoms with Crippen molar-refractivity contribution in [3.05, 3.63) is 42.5 Å². The Labute approximate surface area is 119 Å². The second-order valence-electron chi connectivity index (χ2n) is 5.11. The van der Waals surface area contributed by atoms with E-state index in [0.29, 0.717) is 19.4 Å². The maximum absolute atomic E-state index is 12.3. The standard InChI is InChI=1S/C16H21NO3/c1-3-4-13-9-14(11-18)17(16(13)19)10-12-5-7-15(20-2)8-6-12/h3,5-8,13-14,18H,1,4,9-11H2,2H3/t13-,14+/m1/s1. The Morgan fingerprint density at radius 2 is 2.15 bits per heavy atom. The number of hydrogen-bond acceptors (Lipinski definition) is 3. The largest absolute Gasteiger partial charge is 0.497 e. The van der Waals surface area contributed by atoms with Crippen LogP contribution in [0.3, 0.4) is 0 Å². The molecule has 2 rings (SSSR count). The lowest BCUT2D eigenvalue weighted by molar-refractivity contribution is -0.133. The highest BCUT2D eigenvalue weighted by Crippen LogP contribution is 2.29. The number of allylic oxidation sites excluding steroid dienone is 1. The second kappa shape index (κ2) is 6.57. The normalized spacial score (nSPS) is 22.1. The number of likely N-dealkylation sites (tertiary alicyclic amines) is 1. The van der Waals surface area contributed by atoms with Crippen LogP contribution in [-0.2, 0) is 11.3 Å². The maximum atomic E-state index is 12.3. The SMILES string of the molecule is C=CC[C@@H]1C[C@@H](CO)N(Cc2ccc(OC)cc2)C1=O. The van der Waals surface area contributed by atoms with Crippen LogP contribution in [0.4, 0.5) is 0 Å². The fourth-order valence-corrected chi connectivity index (χ4v) is 2.68. The van der Waals surface area contributed by atoms with Gasteiger partial charge in [-0.2, -0.15) is 0 Å². The minimum Gasteiger partial charge on any atom is -0.497 e. The van der Waals surface area contributed by atoms with Crippen LogP contribution < -0.4 is 4.74 Å². The van der Waals surface area contributed by atoms with Gasteiger partial charge in [0, 0.05) is 12.5 Å². The van der Waals surface area contributed by atoms with E-state index < -0.39 is 0 Å². The number of nitrogens with zero attached hydrogens (tertiary/aromatic N) is 1. The number of amides is 1. The number of methoxy groups -OCH3 is 1. The van der Waals surface area contributed by atoms with Crippen molar-refractivity contribution in [1.29, 1.82) is 0 Å². The summed E-state index contributed by atoms with van der Waals surface area (Å²) in [6.07, 6.45) is 3.15. The van der Waals surface area contributed by atoms with Crippen molar-refractivity contribution < 1.29 is 14.6 Å². The van der Waals surface area contributed by atoms with Gasteiger partial charge in [0.25, 0.3) is 0 Å². The van der Waals surface area contributed by atoms with E-state index in [-0.39, 0.29) is 24.5 Å². The molecule has 1 saturated heterocycles. The van der Waals surface area contributed by atoms with Gasteiger partial charge in [-0.3, -0.25) is 4.79 Å². The molecule has 1 fully saturated rings. The molecule has 20 heavy (non-hydrogen) atoms. The number of aliphatic hydroxyl groups excluding tert-OH is 1. The molecule has 1 heterocycles. The zero-order valence-corrected chi connectivity index (χ0v) is 11.8. The number of hydrogen-bond donors (Lipinski definition) is 1. The number of rotatable bonds is 6. The zero-order valence-electron chi connectivity index (χ0n) is 11.8. The van der Waals surface area contributed by atoms with E-state index in [1.165, 1.54) is 0 Å². The van der Waals surface area contributed by atoms with Gasteiger partial charge in [-0.1, -0.05) is 18.2 Å². The molecule has 1 aromatic rings. The predicted octanol–water partition coefficient (Wildman–Crippen LogP) is 1.98. The predicted molar refractivity (Wildman–Crippen MR) is 77.3 cm³/mol. The molecule has 0 radical (unpaired) electrons. The van der Waals surface area contributed by atoms with Crippen LogP contribution in [0.1, 0.15) is 18.4 Å². The molecular formula is C16H21NO3. The van der Waals surface area contributed by atoms with Gasteiger partial charge in [-0.25, -0.2) is 0 Å². The van der Waals surface area contributed by atoms with Crippen LogP contribution in [0.15, 0.2) is 36.9 Å². The third kappa shape index (κ3) is 3.02. The first-order chi connectivity index (χ1) is 9.69. The van der Waals surface area contributed by atoms with E-state index in [1.807, 2.05) is 24.3 Å². The van der Waals surface area contributed by atoms with Crippen molar-refractivity contribution in [2.45, 2.75) is 25.4 Å². The maximum Gasteiger partial charge on any atom is 0.226 e. The highest BCUT2D eigenvalue weighted by molar-refractivity contribution is 5.81. The summed E-state index contributed by atoms with van der Waals surface area (Å²) < 4.78 is 5.12. The van der Waals surface area contributed by atoms with Gasteiger partial charge in [0.05, 0.1) is 19.8 Å². The molecule has 4 heteroatoms. The number of carbonyl (C=O) groups excluding carboxylic acids is 1. The molecule has 0 aromatic heterocycles. The smallest absolute Gasteiger partial charge is 0.226 e. The van der Waals surface area contributed by atoms with Crippen LogP contribution in [0.25, 0.3) is 0 Å². The minimum absolute atomic E-state index is 0.00946. The number of benzene rings is 1. The number of carbonyl (C=O) groups is 1. The van der Waals surface area contributed by atoms with Crippen LogP contribution in [-0.4, -0.2) is 35.7 Å². The van der Waals surface area contributed by atoms with E-state index >= 15 is 0 Å². The summed E-state index contributed by atoms with van der Waals surface area (Å²) in [7, 11) is 1.63. The lowest BCUT2D eigenvalue weighted by Gasteiger charge is -2.23. The van der Waals surface area contributed by atoms with E-state index in [4.69, 9.17) is 4.74 Å². The van der Waals surface area contributed by atoms with Crippen LogP contribution in [0.2, 0.25) is 0 Å². The van der Waals surface area contributed by atoms with Crippen molar-refractivity contribution in [2.75, 3.05) is 13.7 Å². The molecule has 0 aliphatic carbocycles. The topological polar surface area (TPSA) is 49.8 Å². The molecule has 0 saturated carbocycles. The van der Waals surface area contributed by atoms with Gasteiger partial charge in [-0.05, 0) is 30.5 Å². The van der Waals surface area contributed by atoms with Crippen LogP contribution in [0, 0.1) is 5.92 Å². The second-order valence-corrected chi connectivity index (χ2v) is 5.11. The third-order valence-electron chi connectivity index (χ3n) is 3.80. The van der Waals surface area contributed by atoms with E-state index in [0.717, 1.165) is 11.3 Å². The molecular weight excluding hydrogens is 254 g/mol. The van der Waals surface area contributed by atoms with Gasteiger partial charge in [0.1, 0.15) is 5.75 Å². The summed E-state index contributed by atoms with van der Waals surface area (Å²) in [5.41, 5.74) is 1.04. The fraction of sp³-hybridized carbons (Fsp3) is 0.438. The molecule has 0 spiro atoms. The molecule has 2 atom stereocenters. The first-order valence-electron chi connectivity index (χ1n) is 6.84. The van der Waals surface area contributed by atoms with Gasteiger partial charge in [0.15, 0.2) is 0 Å². The Bertz CT molecular complexity index is 469. The van der Waals surface area contributed by atoms with E-state index in [2.05, 4.69) is 6.58 Å². The van der Waals surface area contributed by atoms with Crippen LogP contribution >= 0.6 is 0 Å². The molecule has 1 amide bonds. The first-order valence-corrected chi connectivity index (χ1v) is 6.84. The van der Waals surface area contributed by atoms with Crippen LogP contribution in [0.5, 0.6) is 5.75 Å². The molecule has 1 aliphatic heterocycles. The third-order valence-corrected chi connectivity index (χ3v) is 3.80. The molecule has 1 N–H and O–H groups in total. The van der Waals surface area contributed by atoms with Crippen molar-refractivity contribution in [3.8, 4) is 5.75 Å². The lowest BCUT2D eigenvalue weighted by atomic mass is 10.0. The summed E-state index contributed by atoms with van der Waals surface area (Å²) in [5.74, 6) is 0.868. The summed E-state index contributed by atoms with van der Waals surface area (Å²) >= 11 is 0. The average Bonchev–Trinajstić information content (AvgIpc) is 2.77. The van der Waals surface area contributed by atoms with Gasteiger partial charge >= 0.3 is 0 Å². The first kappa shape index (κ1) is 14.6. The molecule has 0 bridgehead atoms. The Morgan fingerprint density at radius 1 is 1.45 bits per heavy atom. The Kier molecular flexibility index (Phi) is 4.79. The van der Waals surface area contributed by atoms with Crippen molar-refractivity contribution in [2.24, 2.45) is 5.92 Å². The van der Waals surface area contributed by atoms with Gasteiger partial charge in [-0.15, -0.1) is 6.58 Å². The molecule has 0 unspecified atom stereocenters. The highest BCUT2D eigenvalue weighted by Gasteiger charge is 2.37. The van der Waals surface area contributed by atoms with Crippen molar-refractivity contribution >= 4 is 5.91 Å². The Hall–Kier alpha value is -1.81. The Morgan fingerprint density at radius 3 is 2.70 bits per heavy atom. The minimum atomic E-state index is -0.0884. The lowest BCUT2D eigenvalue weighted by Crippen LogP contribution is -2.35.